The van der Waals surface area contributed by atoms with Crippen molar-refractivity contribution in [1.29, 1.82) is 0 Å². The van der Waals surface area contributed by atoms with Gasteiger partial charge in [0.05, 0.1) is 6.54 Å². The number of H-pyrrole nitrogens is 1. The van der Waals surface area contributed by atoms with Crippen LogP contribution in [0.2, 0.25) is 0 Å². The fourth-order valence-corrected chi connectivity index (χ4v) is 2.22. The molecule has 0 atom stereocenters. The molecule has 1 aromatic rings. The van der Waals surface area contributed by atoms with Crippen molar-refractivity contribution in [2.24, 2.45) is 0 Å². The van der Waals surface area contributed by atoms with Gasteiger partial charge in [-0.2, -0.15) is 5.10 Å². The summed E-state index contributed by atoms with van der Waals surface area (Å²) in [5, 5.41) is 7.36. The second-order valence-electron chi connectivity index (χ2n) is 4.71. The van der Waals surface area contributed by atoms with E-state index >= 15 is 0 Å². The van der Waals surface area contributed by atoms with Crippen LogP contribution in [0.3, 0.4) is 0 Å². The molecule has 0 unspecified atom stereocenters. The standard InChI is InChI=1S/C11H20N4/c1-15(2)8-10-12-11(14-13-10)9-6-4-3-5-7-9/h9H,3-8H2,1-2H3,(H,12,13,14). The Morgan fingerprint density at radius 3 is 2.67 bits per heavy atom. The average Bonchev–Trinajstić information content (AvgIpc) is 2.67. The summed E-state index contributed by atoms with van der Waals surface area (Å²) >= 11 is 0. The molecule has 0 aromatic carbocycles. The number of aromatic amines is 1. The first kappa shape index (κ1) is 10.6. The molecule has 1 heterocycles. The Bertz CT molecular complexity index is 299. The van der Waals surface area contributed by atoms with Crippen molar-refractivity contribution in [1.82, 2.24) is 20.1 Å². The van der Waals surface area contributed by atoms with E-state index in [2.05, 4.69) is 20.1 Å². The molecule has 1 saturated carbocycles. The first-order valence-corrected chi connectivity index (χ1v) is 5.81. The first-order valence-electron chi connectivity index (χ1n) is 5.81. The molecule has 0 aliphatic heterocycles. The molecule has 1 N–H and O–H groups in total. The van der Waals surface area contributed by atoms with Crippen molar-refractivity contribution >= 4 is 0 Å². The summed E-state index contributed by atoms with van der Waals surface area (Å²) in [5.41, 5.74) is 0. The lowest BCUT2D eigenvalue weighted by atomic mass is 9.89. The molecule has 15 heavy (non-hydrogen) atoms. The number of nitrogens with one attached hydrogen (secondary N) is 1. The molecule has 84 valence electrons. The second-order valence-corrected chi connectivity index (χ2v) is 4.71. The summed E-state index contributed by atoms with van der Waals surface area (Å²) in [6.45, 7) is 0.847. The molecule has 0 amide bonds. The largest absolute Gasteiger partial charge is 0.302 e. The maximum atomic E-state index is 4.57. The van der Waals surface area contributed by atoms with Crippen LogP contribution in [0.1, 0.15) is 49.7 Å². The molecule has 2 rings (SSSR count). The van der Waals surface area contributed by atoms with Gasteiger partial charge in [-0.1, -0.05) is 19.3 Å². The maximum Gasteiger partial charge on any atom is 0.153 e. The van der Waals surface area contributed by atoms with Gasteiger partial charge in [-0.05, 0) is 26.9 Å². The molecular formula is C11H20N4. The zero-order chi connectivity index (χ0) is 10.7. The quantitative estimate of drug-likeness (QED) is 0.825. The second kappa shape index (κ2) is 4.75. The molecule has 0 spiro atoms. The van der Waals surface area contributed by atoms with Gasteiger partial charge in [0, 0.05) is 5.92 Å². The monoisotopic (exact) mass is 208 g/mol. The number of rotatable bonds is 3. The van der Waals surface area contributed by atoms with E-state index in [-0.39, 0.29) is 0 Å². The van der Waals surface area contributed by atoms with E-state index in [1.807, 2.05) is 14.1 Å². The van der Waals surface area contributed by atoms with E-state index in [0.717, 1.165) is 18.2 Å². The van der Waals surface area contributed by atoms with Gasteiger partial charge in [0.1, 0.15) is 5.82 Å². The van der Waals surface area contributed by atoms with Crippen LogP contribution in [0.5, 0.6) is 0 Å². The molecule has 4 heteroatoms. The third kappa shape index (κ3) is 2.78. The topological polar surface area (TPSA) is 44.8 Å². The number of hydrogen-bond donors (Lipinski definition) is 1. The fraction of sp³-hybridized carbons (Fsp3) is 0.818. The van der Waals surface area contributed by atoms with Gasteiger partial charge >= 0.3 is 0 Å². The van der Waals surface area contributed by atoms with Gasteiger partial charge in [0.25, 0.3) is 0 Å². The Hall–Kier alpha value is -0.900. The zero-order valence-electron chi connectivity index (χ0n) is 9.66. The summed E-state index contributed by atoms with van der Waals surface area (Å²) in [7, 11) is 4.09. The lowest BCUT2D eigenvalue weighted by molar-refractivity contribution is 0.390. The van der Waals surface area contributed by atoms with Gasteiger partial charge in [-0.25, -0.2) is 4.98 Å². The number of aromatic nitrogens is 3. The van der Waals surface area contributed by atoms with Crippen molar-refractivity contribution < 1.29 is 0 Å². The van der Waals surface area contributed by atoms with E-state index in [1.54, 1.807) is 0 Å². The highest BCUT2D eigenvalue weighted by Gasteiger charge is 2.19. The highest BCUT2D eigenvalue weighted by atomic mass is 15.2. The predicted octanol–water partition coefficient (Wildman–Crippen LogP) is 1.91. The van der Waals surface area contributed by atoms with Gasteiger partial charge in [-0.3, -0.25) is 5.10 Å². The summed E-state index contributed by atoms with van der Waals surface area (Å²) in [5.74, 6) is 2.62. The predicted molar refractivity (Wildman–Crippen MR) is 59.6 cm³/mol. The van der Waals surface area contributed by atoms with Crippen LogP contribution in [0.15, 0.2) is 0 Å². The molecule has 4 nitrogen and oxygen atoms in total. The van der Waals surface area contributed by atoms with Crippen molar-refractivity contribution in [3.8, 4) is 0 Å². The molecule has 1 aliphatic carbocycles. The van der Waals surface area contributed by atoms with Crippen LogP contribution in [0.25, 0.3) is 0 Å². The Morgan fingerprint density at radius 2 is 2.00 bits per heavy atom. The summed E-state index contributed by atoms with van der Waals surface area (Å²) in [6.07, 6.45) is 6.58. The fourth-order valence-electron chi connectivity index (χ4n) is 2.22. The summed E-state index contributed by atoms with van der Waals surface area (Å²) in [4.78, 5) is 6.67. The minimum Gasteiger partial charge on any atom is -0.302 e. The molecule has 0 bridgehead atoms. The molecular weight excluding hydrogens is 188 g/mol. The molecule has 1 aromatic heterocycles. The van der Waals surface area contributed by atoms with Crippen molar-refractivity contribution in [3.63, 3.8) is 0 Å². The number of nitrogens with zero attached hydrogens (tertiary/aromatic N) is 3. The third-order valence-electron chi connectivity index (χ3n) is 2.99. The number of hydrogen-bond acceptors (Lipinski definition) is 3. The Morgan fingerprint density at radius 1 is 1.27 bits per heavy atom. The van der Waals surface area contributed by atoms with E-state index < -0.39 is 0 Å². The molecule has 0 radical (unpaired) electrons. The Balaban J connectivity index is 1.99. The van der Waals surface area contributed by atoms with Crippen LogP contribution in [0, 0.1) is 0 Å². The smallest absolute Gasteiger partial charge is 0.153 e. The van der Waals surface area contributed by atoms with E-state index in [1.165, 1.54) is 32.1 Å². The van der Waals surface area contributed by atoms with Gasteiger partial charge in [0.2, 0.25) is 0 Å². The van der Waals surface area contributed by atoms with Crippen LogP contribution >= 0.6 is 0 Å². The van der Waals surface area contributed by atoms with Crippen LogP contribution < -0.4 is 0 Å². The molecule has 1 fully saturated rings. The van der Waals surface area contributed by atoms with Gasteiger partial charge in [-0.15, -0.1) is 0 Å². The SMILES string of the molecule is CN(C)Cc1nc(C2CCCCC2)n[nH]1. The Labute approximate surface area is 91.1 Å². The lowest BCUT2D eigenvalue weighted by Gasteiger charge is -2.18. The van der Waals surface area contributed by atoms with Crippen LogP contribution in [-0.2, 0) is 6.54 Å². The third-order valence-corrected chi connectivity index (χ3v) is 2.99. The van der Waals surface area contributed by atoms with Crippen molar-refractivity contribution in [2.45, 2.75) is 44.6 Å². The van der Waals surface area contributed by atoms with Crippen molar-refractivity contribution in [2.75, 3.05) is 14.1 Å². The van der Waals surface area contributed by atoms with E-state index in [4.69, 9.17) is 0 Å². The van der Waals surface area contributed by atoms with Crippen LogP contribution in [-0.4, -0.2) is 34.2 Å². The van der Waals surface area contributed by atoms with Gasteiger partial charge < -0.3 is 4.90 Å². The normalized spacial score (nSPS) is 18.6. The first-order chi connectivity index (χ1) is 7.25. The van der Waals surface area contributed by atoms with Crippen molar-refractivity contribution in [3.05, 3.63) is 11.6 Å². The summed E-state index contributed by atoms with van der Waals surface area (Å²) in [6, 6.07) is 0. The zero-order valence-corrected chi connectivity index (χ0v) is 9.66. The minimum absolute atomic E-state index is 0.603. The van der Waals surface area contributed by atoms with Crippen LogP contribution in [0.4, 0.5) is 0 Å². The van der Waals surface area contributed by atoms with E-state index in [0.29, 0.717) is 5.92 Å². The molecule has 1 aliphatic rings. The highest BCUT2D eigenvalue weighted by molar-refractivity contribution is 4.98. The average molecular weight is 208 g/mol. The molecule has 0 saturated heterocycles. The van der Waals surface area contributed by atoms with E-state index in [9.17, 15) is 0 Å². The minimum atomic E-state index is 0.603. The highest BCUT2D eigenvalue weighted by Crippen LogP contribution is 2.30. The lowest BCUT2D eigenvalue weighted by Crippen LogP contribution is -2.12. The maximum absolute atomic E-state index is 4.57. The summed E-state index contributed by atoms with van der Waals surface area (Å²) < 4.78 is 0. The van der Waals surface area contributed by atoms with Gasteiger partial charge in [0.15, 0.2) is 5.82 Å². The Kier molecular flexibility index (Phi) is 3.36.